The van der Waals surface area contributed by atoms with Crippen molar-refractivity contribution < 1.29 is 19.0 Å². The predicted octanol–water partition coefficient (Wildman–Crippen LogP) is 2.81. The number of rotatable bonds is 5. The van der Waals surface area contributed by atoms with E-state index in [1.807, 2.05) is 35.7 Å². The maximum Gasteiger partial charge on any atom is 0.264 e. The molecular weight excluding hydrogens is 314 g/mol. The first-order valence-corrected chi connectivity index (χ1v) is 8.26. The van der Waals surface area contributed by atoms with E-state index in [1.165, 1.54) is 11.3 Å². The van der Waals surface area contributed by atoms with Gasteiger partial charge < -0.3 is 19.1 Å². The van der Waals surface area contributed by atoms with Crippen LogP contribution in [-0.2, 0) is 11.3 Å². The highest BCUT2D eigenvalue weighted by molar-refractivity contribution is 7.12. The van der Waals surface area contributed by atoms with Gasteiger partial charge in [-0.05, 0) is 23.6 Å². The highest BCUT2D eigenvalue weighted by Gasteiger charge is 2.25. The molecule has 1 amide bonds. The summed E-state index contributed by atoms with van der Waals surface area (Å²) in [6, 6.07) is 9.49. The lowest BCUT2D eigenvalue weighted by molar-refractivity contribution is 0.0521. The molecule has 5 nitrogen and oxygen atoms in total. The lowest BCUT2D eigenvalue weighted by atomic mass is 10.2. The Morgan fingerprint density at radius 3 is 2.91 bits per heavy atom. The molecule has 0 bridgehead atoms. The second kappa shape index (κ2) is 7.02. The fraction of sp³-hybridized carbons (Fsp3) is 0.353. The average molecular weight is 333 g/mol. The second-order valence-electron chi connectivity index (χ2n) is 5.39. The van der Waals surface area contributed by atoms with Crippen molar-refractivity contribution in [1.29, 1.82) is 0 Å². The Hall–Kier alpha value is -2.05. The number of fused-ring (bicyclic) bond motifs is 1. The highest BCUT2D eigenvalue weighted by atomic mass is 32.1. The Morgan fingerprint density at radius 1 is 1.35 bits per heavy atom. The summed E-state index contributed by atoms with van der Waals surface area (Å²) in [4.78, 5) is 15.0. The minimum Gasteiger partial charge on any atom is -0.486 e. The second-order valence-corrected chi connectivity index (χ2v) is 6.31. The number of para-hydroxylation sites is 2. The summed E-state index contributed by atoms with van der Waals surface area (Å²) >= 11 is 1.43. The van der Waals surface area contributed by atoms with Crippen LogP contribution in [0, 0.1) is 0 Å². The monoisotopic (exact) mass is 333 g/mol. The highest BCUT2D eigenvalue weighted by Crippen LogP contribution is 2.31. The molecule has 1 aromatic carbocycles. The third kappa shape index (κ3) is 3.48. The van der Waals surface area contributed by atoms with Crippen LogP contribution in [0.2, 0.25) is 0 Å². The average Bonchev–Trinajstić information content (AvgIpc) is 3.02. The largest absolute Gasteiger partial charge is 0.486 e. The van der Waals surface area contributed by atoms with Crippen molar-refractivity contribution in [3.63, 3.8) is 0 Å². The summed E-state index contributed by atoms with van der Waals surface area (Å²) in [5.74, 6) is 1.45. The zero-order valence-corrected chi connectivity index (χ0v) is 14.0. The number of likely N-dealkylation sites (N-methyl/N-ethyl adjacent to an activating group) is 1. The molecule has 122 valence electrons. The summed E-state index contributed by atoms with van der Waals surface area (Å²) in [6.45, 7) is 1.34. The van der Waals surface area contributed by atoms with E-state index >= 15 is 0 Å². The van der Waals surface area contributed by atoms with Crippen LogP contribution >= 0.6 is 11.3 Å². The molecule has 0 radical (unpaired) electrons. The van der Waals surface area contributed by atoms with Crippen molar-refractivity contribution in [2.24, 2.45) is 0 Å². The lowest BCUT2D eigenvalue weighted by Gasteiger charge is -2.29. The first kappa shape index (κ1) is 15.8. The van der Waals surface area contributed by atoms with Crippen molar-refractivity contribution in [2.75, 3.05) is 27.3 Å². The molecule has 23 heavy (non-hydrogen) atoms. The molecule has 1 aliphatic heterocycles. The van der Waals surface area contributed by atoms with E-state index < -0.39 is 0 Å². The zero-order chi connectivity index (χ0) is 16.2. The molecule has 0 fully saturated rings. The number of amides is 1. The van der Waals surface area contributed by atoms with Gasteiger partial charge in [-0.2, -0.15) is 0 Å². The lowest BCUT2D eigenvalue weighted by Crippen LogP contribution is -2.41. The molecule has 3 rings (SSSR count). The van der Waals surface area contributed by atoms with E-state index in [9.17, 15) is 4.79 Å². The van der Waals surface area contributed by atoms with Crippen molar-refractivity contribution in [3.05, 3.63) is 46.2 Å². The molecule has 6 heteroatoms. The molecule has 2 heterocycles. The van der Waals surface area contributed by atoms with Crippen molar-refractivity contribution in [2.45, 2.75) is 12.7 Å². The van der Waals surface area contributed by atoms with Crippen LogP contribution in [0.4, 0.5) is 0 Å². The van der Waals surface area contributed by atoms with Gasteiger partial charge in [0.2, 0.25) is 0 Å². The number of hydrogen-bond donors (Lipinski definition) is 0. The van der Waals surface area contributed by atoms with Gasteiger partial charge in [0.15, 0.2) is 17.6 Å². The normalized spacial score (nSPS) is 16.2. The van der Waals surface area contributed by atoms with E-state index in [0.717, 1.165) is 17.1 Å². The third-order valence-corrected chi connectivity index (χ3v) is 4.58. The van der Waals surface area contributed by atoms with Crippen LogP contribution < -0.4 is 9.47 Å². The fourth-order valence-corrected chi connectivity index (χ4v) is 3.41. The third-order valence-electron chi connectivity index (χ3n) is 3.63. The topological polar surface area (TPSA) is 48.0 Å². The van der Waals surface area contributed by atoms with Gasteiger partial charge in [-0.3, -0.25) is 4.79 Å². The molecule has 0 saturated heterocycles. The molecule has 2 aromatic rings. The van der Waals surface area contributed by atoms with E-state index in [-0.39, 0.29) is 12.0 Å². The number of carbonyl (C=O) groups is 1. The molecule has 1 aromatic heterocycles. The van der Waals surface area contributed by atoms with Gasteiger partial charge in [0, 0.05) is 19.7 Å². The van der Waals surface area contributed by atoms with Crippen LogP contribution in [0.15, 0.2) is 35.7 Å². The van der Waals surface area contributed by atoms with E-state index in [2.05, 4.69) is 0 Å². The number of thiophene rings is 1. The molecule has 1 atom stereocenters. The quantitative estimate of drug-likeness (QED) is 0.844. The van der Waals surface area contributed by atoms with Gasteiger partial charge in [0.05, 0.1) is 18.0 Å². The van der Waals surface area contributed by atoms with Gasteiger partial charge in [0.1, 0.15) is 6.61 Å². The summed E-state index contributed by atoms with van der Waals surface area (Å²) in [7, 11) is 3.41. The summed E-state index contributed by atoms with van der Waals surface area (Å²) in [6.07, 6.45) is -0.176. The number of carbonyl (C=O) groups excluding carboxylic acids is 1. The molecule has 0 saturated carbocycles. The van der Waals surface area contributed by atoms with Crippen LogP contribution in [0.5, 0.6) is 11.5 Å². The minimum absolute atomic E-state index is 0.0190. The Morgan fingerprint density at radius 2 is 2.13 bits per heavy atom. The van der Waals surface area contributed by atoms with Crippen molar-refractivity contribution in [3.8, 4) is 11.5 Å². The minimum atomic E-state index is -0.176. The van der Waals surface area contributed by atoms with E-state index in [4.69, 9.17) is 14.2 Å². The Bertz CT molecular complexity index is 685. The van der Waals surface area contributed by atoms with Crippen molar-refractivity contribution in [1.82, 2.24) is 4.90 Å². The number of methoxy groups -OCH3 is 1. The smallest absolute Gasteiger partial charge is 0.264 e. The van der Waals surface area contributed by atoms with Crippen LogP contribution in [0.1, 0.15) is 15.2 Å². The molecular formula is C17H19NO4S. The van der Waals surface area contributed by atoms with Crippen LogP contribution in [0.3, 0.4) is 0 Å². The number of ether oxygens (including phenoxy) is 3. The van der Waals surface area contributed by atoms with Gasteiger partial charge >= 0.3 is 0 Å². The molecule has 0 spiro atoms. The van der Waals surface area contributed by atoms with E-state index in [0.29, 0.717) is 24.6 Å². The van der Waals surface area contributed by atoms with Gasteiger partial charge in [-0.1, -0.05) is 12.1 Å². The molecule has 0 unspecified atom stereocenters. The maximum atomic E-state index is 12.6. The number of benzene rings is 1. The SMILES string of the molecule is COCc1ccsc1C(=O)N(C)C[C@H]1COc2ccccc2O1. The molecule has 0 N–H and O–H groups in total. The summed E-state index contributed by atoms with van der Waals surface area (Å²) in [5, 5.41) is 1.91. The first-order chi connectivity index (χ1) is 11.2. The molecule has 0 aliphatic carbocycles. The Balaban J connectivity index is 1.64. The number of hydrogen-bond acceptors (Lipinski definition) is 5. The van der Waals surface area contributed by atoms with Crippen LogP contribution in [-0.4, -0.2) is 44.2 Å². The first-order valence-electron chi connectivity index (χ1n) is 7.38. The van der Waals surface area contributed by atoms with Gasteiger partial charge in [-0.25, -0.2) is 0 Å². The van der Waals surface area contributed by atoms with Gasteiger partial charge in [-0.15, -0.1) is 11.3 Å². The van der Waals surface area contributed by atoms with Gasteiger partial charge in [0.25, 0.3) is 5.91 Å². The zero-order valence-electron chi connectivity index (χ0n) is 13.2. The van der Waals surface area contributed by atoms with E-state index in [1.54, 1.807) is 19.1 Å². The Labute approximate surface area is 139 Å². The van der Waals surface area contributed by atoms with Crippen molar-refractivity contribution >= 4 is 17.2 Å². The fourth-order valence-electron chi connectivity index (χ4n) is 2.51. The predicted molar refractivity (Wildman–Crippen MR) is 88.3 cm³/mol. The summed E-state index contributed by atoms with van der Waals surface area (Å²) in [5.41, 5.74) is 0.917. The van der Waals surface area contributed by atoms with Crippen LogP contribution in [0.25, 0.3) is 0 Å². The molecule has 1 aliphatic rings. The number of nitrogens with zero attached hydrogens (tertiary/aromatic N) is 1. The Kier molecular flexibility index (Phi) is 4.83. The summed E-state index contributed by atoms with van der Waals surface area (Å²) < 4.78 is 16.7. The standard InChI is InChI=1S/C17H19NO4S/c1-18(17(19)16-12(10-20-2)7-8-23-16)9-13-11-21-14-5-3-4-6-15(14)22-13/h3-8,13H,9-11H2,1-2H3/t13-/m0/s1. The maximum absolute atomic E-state index is 12.6.